The van der Waals surface area contributed by atoms with Crippen LogP contribution in [0.1, 0.15) is 57.6 Å². The Bertz CT molecular complexity index is 620. The second kappa shape index (κ2) is 9.77. The number of carbonyl (C=O) groups is 1. The third-order valence-electron chi connectivity index (χ3n) is 3.86. The second-order valence-corrected chi connectivity index (χ2v) is 6.34. The minimum Gasteiger partial charge on any atom is -0.376 e. The standard InChI is InChI=1S/C20H29N3O/c1-6-11-23(12-7-2)14-17(13-21)20(24)22-19-16(5)9-8-10-18(19)15(3)4/h8-10,14-15H,6-7,11-12H2,1-5H3,(H,22,24)/b17-14-. The Morgan fingerprint density at radius 2 is 1.92 bits per heavy atom. The molecule has 0 bridgehead atoms. The predicted octanol–water partition coefficient (Wildman–Crippen LogP) is 4.59. The normalized spacial score (nSPS) is 11.3. The maximum atomic E-state index is 12.6. The number of amides is 1. The summed E-state index contributed by atoms with van der Waals surface area (Å²) in [5.74, 6) is -0.0442. The van der Waals surface area contributed by atoms with Gasteiger partial charge in [-0.15, -0.1) is 0 Å². The molecule has 0 fully saturated rings. The third kappa shape index (κ3) is 5.42. The number of anilines is 1. The van der Waals surface area contributed by atoms with Crippen LogP contribution in [0.5, 0.6) is 0 Å². The summed E-state index contributed by atoms with van der Waals surface area (Å²) in [5, 5.41) is 12.3. The monoisotopic (exact) mass is 327 g/mol. The van der Waals surface area contributed by atoms with Crippen LogP contribution < -0.4 is 5.32 Å². The fourth-order valence-electron chi connectivity index (χ4n) is 2.66. The van der Waals surface area contributed by atoms with E-state index in [9.17, 15) is 10.1 Å². The lowest BCUT2D eigenvalue weighted by Crippen LogP contribution is -2.23. The van der Waals surface area contributed by atoms with Gasteiger partial charge in [0.05, 0.1) is 0 Å². The summed E-state index contributed by atoms with van der Waals surface area (Å²) in [7, 11) is 0. The Labute approximate surface area is 146 Å². The van der Waals surface area contributed by atoms with Crippen LogP contribution in [0.4, 0.5) is 5.69 Å². The smallest absolute Gasteiger partial charge is 0.267 e. The Morgan fingerprint density at radius 3 is 2.42 bits per heavy atom. The van der Waals surface area contributed by atoms with E-state index in [-0.39, 0.29) is 11.5 Å². The van der Waals surface area contributed by atoms with E-state index in [1.165, 1.54) is 0 Å². The average Bonchev–Trinajstić information content (AvgIpc) is 2.54. The molecule has 1 amide bonds. The van der Waals surface area contributed by atoms with Crippen molar-refractivity contribution in [3.63, 3.8) is 0 Å². The minimum atomic E-state index is -0.342. The molecule has 0 unspecified atom stereocenters. The number of aryl methyl sites for hydroxylation is 1. The van der Waals surface area contributed by atoms with Gasteiger partial charge in [-0.2, -0.15) is 5.26 Å². The molecule has 0 saturated carbocycles. The molecule has 0 saturated heterocycles. The van der Waals surface area contributed by atoms with Crippen LogP contribution in [-0.2, 0) is 4.79 Å². The molecule has 0 aliphatic heterocycles. The molecule has 1 N–H and O–H groups in total. The number of benzene rings is 1. The van der Waals surface area contributed by atoms with Crippen LogP contribution in [-0.4, -0.2) is 23.9 Å². The Hall–Kier alpha value is -2.28. The summed E-state index contributed by atoms with van der Waals surface area (Å²) in [6.45, 7) is 12.0. The number of carbonyl (C=O) groups excluding carboxylic acids is 1. The zero-order valence-corrected chi connectivity index (χ0v) is 15.5. The lowest BCUT2D eigenvalue weighted by atomic mass is 9.98. The van der Waals surface area contributed by atoms with E-state index in [0.29, 0.717) is 5.92 Å². The molecule has 0 aliphatic carbocycles. The van der Waals surface area contributed by atoms with E-state index in [0.717, 1.165) is 42.7 Å². The van der Waals surface area contributed by atoms with Crippen LogP contribution in [0.2, 0.25) is 0 Å². The molecule has 1 aromatic rings. The summed E-state index contributed by atoms with van der Waals surface area (Å²) in [6, 6.07) is 8.02. The van der Waals surface area contributed by atoms with E-state index in [2.05, 4.69) is 33.0 Å². The van der Waals surface area contributed by atoms with Gasteiger partial charge in [-0.1, -0.05) is 45.9 Å². The molecule has 130 valence electrons. The summed E-state index contributed by atoms with van der Waals surface area (Å²) in [4.78, 5) is 14.6. The average molecular weight is 327 g/mol. The number of para-hydroxylation sites is 1. The van der Waals surface area contributed by atoms with Crippen molar-refractivity contribution in [3.05, 3.63) is 41.1 Å². The first kappa shape index (κ1) is 19.8. The van der Waals surface area contributed by atoms with Gasteiger partial charge in [-0.25, -0.2) is 0 Å². The lowest BCUT2D eigenvalue weighted by molar-refractivity contribution is -0.112. The fourth-order valence-corrected chi connectivity index (χ4v) is 2.66. The highest BCUT2D eigenvalue weighted by Gasteiger charge is 2.16. The first-order valence-electron chi connectivity index (χ1n) is 8.71. The van der Waals surface area contributed by atoms with Crippen LogP contribution in [0.15, 0.2) is 30.0 Å². The highest BCUT2D eigenvalue weighted by atomic mass is 16.1. The van der Waals surface area contributed by atoms with Gasteiger partial charge < -0.3 is 10.2 Å². The predicted molar refractivity (Wildman–Crippen MR) is 99.7 cm³/mol. The lowest BCUT2D eigenvalue weighted by Gasteiger charge is -2.20. The van der Waals surface area contributed by atoms with Gasteiger partial charge in [0.15, 0.2) is 0 Å². The quantitative estimate of drug-likeness (QED) is 0.561. The minimum absolute atomic E-state index is 0.148. The number of hydrogen-bond donors (Lipinski definition) is 1. The highest BCUT2D eigenvalue weighted by molar-refractivity contribution is 6.07. The molecule has 0 atom stereocenters. The SMILES string of the molecule is CCCN(/C=C(/C#N)C(=O)Nc1c(C)cccc1C(C)C)CCC. The van der Waals surface area contributed by atoms with Crippen LogP contribution in [0.25, 0.3) is 0 Å². The summed E-state index contributed by atoms with van der Waals surface area (Å²) < 4.78 is 0. The number of nitriles is 1. The molecule has 4 nitrogen and oxygen atoms in total. The van der Waals surface area contributed by atoms with E-state index in [1.807, 2.05) is 36.1 Å². The van der Waals surface area contributed by atoms with Gasteiger partial charge in [0.2, 0.25) is 0 Å². The van der Waals surface area contributed by atoms with Crippen molar-refractivity contribution >= 4 is 11.6 Å². The van der Waals surface area contributed by atoms with Gasteiger partial charge >= 0.3 is 0 Å². The van der Waals surface area contributed by atoms with Crippen LogP contribution in [0, 0.1) is 18.3 Å². The van der Waals surface area contributed by atoms with E-state index < -0.39 is 0 Å². The molecule has 1 aromatic carbocycles. The Morgan fingerprint density at radius 1 is 1.29 bits per heavy atom. The number of rotatable bonds is 8. The van der Waals surface area contributed by atoms with Crippen molar-refractivity contribution in [2.75, 3.05) is 18.4 Å². The maximum Gasteiger partial charge on any atom is 0.267 e. The molecular formula is C20H29N3O. The summed E-state index contributed by atoms with van der Waals surface area (Å²) in [5.41, 5.74) is 3.05. The van der Waals surface area contributed by atoms with Gasteiger partial charge in [0.25, 0.3) is 5.91 Å². The van der Waals surface area contributed by atoms with Crippen molar-refractivity contribution in [3.8, 4) is 6.07 Å². The summed E-state index contributed by atoms with van der Waals surface area (Å²) >= 11 is 0. The highest BCUT2D eigenvalue weighted by Crippen LogP contribution is 2.27. The van der Waals surface area contributed by atoms with Gasteiger partial charge in [-0.05, 0) is 36.8 Å². The van der Waals surface area contributed by atoms with Gasteiger partial charge in [0, 0.05) is 25.0 Å². The Kier molecular flexibility index (Phi) is 8.05. The molecule has 0 spiro atoms. The number of hydrogen-bond acceptors (Lipinski definition) is 3. The molecule has 0 aliphatic rings. The molecule has 24 heavy (non-hydrogen) atoms. The zero-order chi connectivity index (χ0) is 18.1. The largest absolute Gasteiger partial charge is 0.376 e. The fraction of sp³-hybridized carbons (Fsp3) is 0.500. The maximum absolute atomic E-state index is 12.6. The van der Waals surface area contributed by atoms with Gasteiger partial charge in [-0.3, -0.25) is 4.79 Å². The van der Waals surface area contributed by atoms with Crippen molar-refractivity contribution in [2.45, 2.75) is 53.4 Å². The van der Waals surface area contributed by atoms with Crippen molar-refractivity contribution in [1.29, 1.82) is 5.26 Å². The van der Waals surface area contributed by atoms with Crippen molar-refractivity contribution < 1.29 is 4.79 Å². The molecule has 0 aromatic heterocycles. The van der Waals surface area contributed by atoms with E-state index in [4.69, 9.17) is 0 Å². The number of nitrogens with zero attached hydrogens (tertiary/aromatic N) is 2. The molecule has 1 rings (SSSR count). The molecule has 4 heteroatoms. The Balaban J connectivity index is 3.06. The van der Waals surface area contributed by atoms with E-state index in [1.54, 1.807) is 6.20 Å². The topological polar surface area (TPSA) is 56.1 Å². The molecular weight excluding hydrogens is 298 g/mol. The van der Waals surface area contributed by atoms with Crippen molar-refractivity contribution in [2.24, 2.45) is 0 Å². The van der Waals surface area contributed by atoms with Gasteiger partial charge in [0.1, 0.15) is 11.6 Å². The van der Waals surface area contributed by atoms with Crippen molar-refractivity contribution in [1.82, 2.24) is 4.90 Å². The third-order valence-corrected chi connectivity index (χ3v) is 3.86. The van der Waals surface area contributed by atoms with Crippen LogP contribution >= 0.6 is 0 Å². The molecule has 0 radical (unpaired) electrons. The second-order valence-electron chi connectivity index (χ2n) is 6.34. The molecule has 0 heterocycles. The first-order chi connectivity index (χ1) is 11.4. The van der Waals surface area contributed by atoms with E-state index >= 15 is 0 Å². The number of nitrogens with one attached hydrogen (secondary N) is 1. The summed E-state index contributed by atoms with van der Waals surface area (Å²) in [6.07, 6.45) is 3.65. The first-order valence-corrected chi connectivity index (χ1v) is 8.71. The zero-order valence-electron chi connectivity index (χ0n) is 15.5. The van der Waals surface area contributed by atoms with Crippen LogP contribution in [0.3, 0.4) is 0 Å².